The van der Waals surface area contributed by atoms with Crippen LogP contribution in [-0.2, 0) is 7.05 Å². The van der Waals surface area contributed by atoms with Gasteiger partial charge in [-0.2, -0.15) is 0 Å². The van der Waals surface area contributed by atoms with Crippen LogP contribution in [0, 0.1) is 0 Å². The Kier molecular flexibility index (Phi) is 3.94. The number of aromatic nitrogens is 4. The van der Waals surface area contributed by atoms with Crippen molar-refractivity contribution in [2.24, 2.45) is 7.05 Å². The summed E-state index contributed by atoms with van der Waals surface area (Å²) < 4.78 is 2.93. The molecule has 1 fully saturated rings. The van der Waals surface area contributed by atoms with Gasteiger partial charge in [-0.15, -0.1) is 10.2 Å². The molecule has 0 N–H and O–H groups in total. The summed E-state index contributed by atoms with van der Waals surface area (Å²) in [5.74, 6) is 2.38. The van der Waals surface area contributed by atoms with Crippen molar-refractivity contribution in [3.05, 3.63) is 33.9 Å². The highest BCUT2D eigenvalue weighted by Crippen LogP contribution is 2.32. The van der Waals surface area contributed by atoms with Crippen molar-refractivity contribution < 1.29 is 0 Å². The fraction of sp³-hybridized carbons (Fsp3) is 0.462. The molecule has 0 amide bonds. The van der Waals surface area contributed by atoms with E-state index in [1.807, 2.05) is 17.7 Å². The molecule has 0 radical (unpaired) electrons. The zero-order valence-corrected chi connectivity index (χ0v) is 13.5. The maximum atomic E-state index is 5.95. The van der Waals surface area contributed by atoms with Gasteiger partial charge in [0.05, 0.1) is 9.50 Å². The molecule has 20 heavy (non-hydrogen) atoms. The van der Waals surface area contributed by atoms with E-state index >= 15 is 0 Å². The molecule has 0 bridgehead atoms. The first kappa shape index (κ1) is 13.8. The molecule has 7 heteroatoms. The van der Waals surface area contributed by atoms with Crippen LogP contribution in [0.1, 0.15) is 24.6 Å². The fourth-order valence-electron chi connectivity index (χ4n) is 2.68. The monoisotopic (exact) mass is 355 g/mol. The largest absolute Gasteiger partial charge is 0.355 e. The number of aryl methyl sites for hydroxylation is 1. The summed E-state index contributed by atoms with van der Waals surface area (Å²) >= 11 is 9.50. The molecule has 0 aromatic carbocycles. The Morgan fingerprint density at radius 1 is 1.45 bits per heavy atom. The van der Waals surface area contributed by atoms with Crippen molar-refractivity contribution in [2.45, 2.75) is 18.8 Å². The highest BCUT2D eigenvalue weighted by Gasteiger charge is 2.26. The fourth-order valence-corrected chi connectivity index (χ4v) is 3.57. The smallest absolute Gasteiger partial charge is 0.142 e. The summed E-state index contributed by atoms with van der Waals surface area (Å²) in [6.45, 7) is 1.90. The first-order chi connectivity index (χ1) is 9.65. The molecular formula is C13H15BrClN5. The van der Waals surface area contributed by atoms with Gasteiger partial charge in [-0.3, -0.25) is 0 Å². The highest BCUT2D eigenvalue weighted by atomic mass is 79.9. The maximum Gasteiger partial charge on any atom is 0.142 e. The molecule has 0 spiro atoms. The number of pyridine rings is 1. The van der Waals surface area contributed by atoms with Crippen LogP contribution in [-0.4, -0.2) is 32.8 Å². The van der Waals surface area contributed by atoms with Crippen molar-refractivity contribution in [3.63, 3.8) is 0 Å². The molecule has 2 aromatic heterocycles. The van der Waals surface area contributed by atoms with Crippen LogP contribution in [0.4, 0.5) is 5.82 Å². The van der Waals surface area contributed by atoms with Crippen LogP contribution in [0.3, 0.4) is 0 Å². The van der Waals surface area contributed by atoms with E-state index in [1.165, 1.54) is 0 Å². The minimum Gasteiger partial charge on any atom is -0.355 e. The summed E-state index contributed by atoms with van der Waals surface area (Å²) in [4.78, 5) is 6.72. The Morgan fingerprint density at radius 2 is 2.30 bits per heavy atom. The van der Waals surface area contributed by atoms with Gasteiger partial charge in [0.1, 0.15) is 18.0 Å². The van der Waals surface area contributed by atoms with Crippen molar-refractivity contribution in [2.75, 3.05) is 18.0 Å². The van der Waals surface area contributed by atoms with E-state index in [-0.39, 0.29) is 0 Å². The Morgan fingerprint density at radius 3 is 3.00 bits per heavy atom. The summed E-state index contributed by atoms with van der Waals surface area (Å²) in [5, 5.41) is 8.85. The number of anilines is 1. The van der Waals surface area contributed by atoms with Gasteiger partial charge in [-0.05, 0) is 34.8 Å². The average molecular weight is 357 g/mol. The third-order valence-electron chi connectivity index (χ3n) is 3.62. The molecule has 2 aromatic rings. The lowest BCUT2D eigenvalue weighted by Crippen LogP contribution is -2.36. The van der Waals surface area contributed by atoms with Crippen LogP contribution in [0.15, 0.2) is 23.1 Å². The molecule has 3 rings (SSSR count). The Balaban J connectivity index is 1.83. The zero-order valence-electron chi connectivity index (χ0n) is 11.1. The van der Waals surface area contributed by atoms with Gasteiger partial charge in [0, 0.05) is 32.3 Å². The summed E-state index contributed by atoms with van der Waals surface area (Å²) in [6, 6.07) is 1.88. The van der Waals surface area contributed by atoms with Gasteiger partial charge in [0.25, 0.3) is 0 Å². The number of halogens is 2. The minimum absolute atomic E-state index is 0.389. The zero-order chi connectivity index (χ0) is 14.1. The summed E-state index contributed by atoms with van der Waals surface area (Å²) in [5.41, 5.74) is 0. The standard InChI is InChI=1S/C13H15BrClN5/c1-19-8-17-18-12(19)9-3-2-4-20(7-9)13-11(14)5-10(15)6-16-13/h5-6,8-9H,2-4,7H2,1H3. The van der Waals surface area contributed by atoms with Crippen LogP contribution in [0.5, 0.6) is 0 Å². The van der Waals surface area contributed by atoms with Crippen LogP contribution in [0.25, 0.3) is 0 Å². The van der Waals surface area contributed by atoms with E-state index in [4.69, 9.17) is 11.6 Å². The van der Waals surface area contributed by atoms with Crippen LogP contribution >= 0.6 is 27.5 Å². The molecule has 1 aliphatic heterocycles. The number of rotatable bonds is 2. The van der Waals surface area contributed by atoms with Crippen LogP contribution in [0.2, 0.25) is 5.02 Å². The molecule has 3 heterocycles. The summed E-state index contributed by atoms with van der Waals surface area (Å²) in [6.07, 6.45) is 5.70. The van der Waals surface area contributed by atoms with Crippen molar-refractivity contribution in [3.8, 4) is 0 Å². The Hall–Kier alpha value is -1.14. The van der Waals surface area contributed by atoms with Crippen molar-refractivity contribution in [1.29, 1.82) is 0 Å². The van der Waals surface area contributed by atoms with Crippen molar-refractivity contribution in [1.82, 2.24) is 19.7 Å². The minimum atomic E-state index is 0.389. The van der Waals surface area contributed by atoms with E-state index in [9.17, 15) is 0 Å². The van der Waals surface area contributed by atoms with Crippen molar-refractivity contribution >= 4 is 33.3 Å². The van der Waals surface area contributed by atoms with Gasteiger partial charge in [-0.1, -0.05) is 11.6 Å². The van der Waals surface area contributed by atoms with Crippen LogP contribution < -0.4 is 4.90 Å². The topological polar surface area (TPSA) is 46.8 Å². The maximum absolute atomic E-state index is 5.95. The number of piperidine rings is 1. The average Bonchev–Trinajstić information content (AvgIpc) is 2.85. The molecule has 0 saturated carbocycles. The predicted molar refractivity (Wildman–Crippen MR) is 82.1 cm³/mol. The molecule has 1 atom stereocenters. The van der Waals surface area contributed by atoms with Gasteiger partial charge >= 0.3 is 0 Å². The first-order valence-corrected chi connectivity index (χ1v) is 7.72. The molecule has 106 valence electrons. The second-order valence-corrected chi connectivity index (χ2v) is 6.33. The summed E-state index contributed by atoms with van der Waals surface area (Å²) in [7, 11) is 1.99. The second-order valence-electron chi connectivity index (χ2n) is 5.04. The van der Waals surface area contributed by atoms with Gasteiger partial charge in [0.15, 0.2) is 0 Å². The predicted octanol–water partition coefficient (Wildman–Crippen LogP) is 3.01. The van der Waals surface area contributed by atoms with E-state index in [2.05, 4.69) is 36.0 Å². The third-order valence-corrected chi connectivity index (χ3v) is 4.41. The molecule has 1 saturated heterocycles. The Labute approximate surface area is 131 Å². The second kappa shape index (κ2) is 5.69. The first-order valence-electron chi connectivity index (χ1n) is 6.55. The van der Waals surface area contributed by atoms with E-state index in [0.29, 0.717) is 10.9 Å². The SMILES string of the molecule is Cn1cnnc1C1CCCN(c2ncc(Cl)cc2Br)C1. The van der Waals surface area contributed by atoms with Gasteiger partial charge in [0.2, 0.25) is 0 Å². The van der Waals surface area contributed by atoms with E-state index in [0.717, 1.165) is 42.0 Å². The molecule has 0 aliphatic carbocycles. The van der Waals surface area contributed by atoms with E-state index in [1.54, 1.807) is 12.5 Å². The lowest BCUT2D eigenvalue weighted by molar-refractivity contribution is 0.477. The third kappa shape index (κ3) is 2.67. The lowest BCUT2D eigenvalue weighted by atomic mass is 9.97. The number of hydrogen-bond donors (Lipinski definition) is 0. The quantitative estimate of drug-likeness (QED) is 0.830. The molecule has 1 unspecified atom stereocenters. The van der Waals surface area contributed by atoms with Gasteiger partial charge in [-0.25, -0.2) is 4.98 Å². The molecule has 5 nitrogen and oxygen atoms in total. The normalized spacial score (nSPS) is 19.4. The molecular weight excluding hydrogens is 342 g/mol. The Bertz CT molecular complexity index is 615. The van der Waals surface area contributed by atoms with E-state index < -0.39 is 0 Å². The van der Waals surface area contributed by atoms with Gasteiger partial charge < -0.3 is 9.47 Å². The number of hydrogen-bond acceptors (Lipinski definition) is 4. The number of nitrogens with zero attached hydrogens (tertiary/aromatic N) is 5. The molecule has 1 aliphatic rings. The lowest BCUT2D eigenvalue weighted by Gasteiger charge is -2.33. The highest BCUT2D eigenvalue weighted by molar-refractivity contribution is 9.10.